The molecule has 60 valence electrons. The summed E-state index contributed by atoms with van der Waals surface area (Å²) in [6, 6.07) is 8.28. The van der Waals surface area contributed by atoms with E-state index in [1.54, 1.807) is 0 Å². The Morgan fingerprint density at radius 2 is 2.25 bits per heavy atom. The van der Waals surface area contributed by atoms with Gasteiger partial charge in [0, 0.05) is 18.6 Å². The lowest BCUT2D eigenvalue weighted by molar-refractivity contribution is 1.33. The molecule has 0 unspecified atom stereocenters. The largest absolute Gasteiger partial charge is 0.257 e. The standard InChI is InChI=1S/C11H11N/c1-2-5-10-8-9-6-3-4-7-11(9)12-10/h2-4,6-7H,1,5,8H2. The molecule has 0 aliphatic carbocycles. The van der Waals surface area contributed by atoms with Crippen LogP contribution in [0.4, 0.5) is 5.69 Å². The second kappa shape index (κ2) is 2.94. The topological polar surface area (TPSA) is 12.4 Å². The van der Waals surface area contributed by atoms with Crippen molar-refractivity contribution in [2.75, 3.05) is 0 Å². The van der Waals surface area contributed by atoms with Gasteiger partial charge in [0.05, 0.1) is 5.69 Å². The minimum atomic E-state index is 0.911. The summed E-state index contributed by atoms with van der Waals surface area (Å²) in [5.41, 5.74) is 3.70. The first kappa shape index (κ1) is 7.29. The molecule has 1 heterocycles. The first-order chi connectivity index (χ1) is 5.90. The third-order valence-electron chi connectivity index (χ3n) is 2.04. The lowest BCUT2D eigenvalue weighted by Crippen LogP contribution is -1.94. The van der Waals surface area contributed by atoms with E-state index in [0.29, 0.717) is 0 Å². The molecule has 0 radical (unpaired) electrons. The van der Waals surface area contributed by atoms with Gasteiger partial charge in [-0.2, -0.15) is 0 Å². The molecule has 0 atom stereocenters. The van der Waals surface area contributed by atoms with Gasteiger partial charge in [-0.15, -0.1) is 6.58 Å². The van der Waals surface area contributed by atoms with Gasteiger partial charge in [0.15, 0.2) is 0 Å². The van der Waals surface area contributed by atoms with E-state index in [-0.39, 0.29) is 0 Å². The monoisotopic (exact) mass is 157 g/mol. The molecule has 1 aliphatic heterocycles. The number of rotatable bonds is 2. The van der Waals surface area contributed by atoms with Crippen molar-refractivity contribution in [3.8, 4) is 0 Å². The molecule has 1 aromatic carbocycles. The number of aliphatic imine (C=N–C) groups is 1. The second-order valence-electron chi connectivity index (χ2n) is 2.98. The van der Waals surface area contributed by atoms with Crippen molar-refractivity contribution >= 4 is 11.4 Å². The van der Waals surface area contributed by atoms with Gasteiger partial charge in [-0.05, 0) is 11.6 Å². The number of benzene rings is 1. The van der Waals surface area contributed by atoms with Crippen LogP contribution in [0.15, 0.2) is 41.9 Å². The van der Waals surface area contributed by atoms with Gasteiger partial charge in [0.1, 0.15) is 0 Å². The fraction of sp³-hybridized carbons (Fsp3) is 0.182. The number of hydrogen-bond acceptors (Lipinski definition) is 1. The van der Waals surface area contributed by atoms with Crippen LogP contribution in [0.2, 0.25) is 0 Å². The molecule has 0 amide bonds. The Hall–Kier alpha value is -1.37. The molecule has 1 aliphatic rings. The summed E-state index contributed by atoms with van der Waals surface area (Å²) < 4.78 is 0. The minimum Gasteiger partial charge on any atom is -0.257 e. The molecule has 0 aromatic heterocycles. The fourth-order valence-electron chi connectivity index (χ4n) is 1.48. The predicted molar refractivity (Wildman–Crippen MR) is 52.1 cm³/mol. The number of allylic oxidation sites excluding steroid dienone is 1. The molecule has 0 fully saturated rings. The molecule has 0 saturated heterocycles. The van der Waals surface area contributed by atoms with E-state index in [1.165, 1.54) is 11.3 Å². The third-order valence-corrected chi connectivity index (χ3v) is 2.04. The molecule has 2 rings (SSSR count). The van der Waals surface area contributed by atoms with Gasteiger partial charge in [-0.1, -0.05) is 24.3 Å². The van der Waals surface area contributed by atoms with E-state index < -0.39 is 0 Å². The average molecular weight is 157 g/mol. The zero-order chi connectivity index (χ0) is 8.39. The number of para-hydroxylation sites is 1. The molecule has 1 aromatic rings. The van der Waals surface area contributed by atoms with Crippen LogP contribution in [0.3, 0.4) is 0 Å². The van der Waals surface area contributed by atoms with Crippen molar-refractivity contribution in [1.82, 2.24) is 0 Å². The van der Waals surface area contributed by atoms with Gasteiger partial charge >= 0.3 is 0 Å². The highest BCUT2D eigenvalue weighted by Crippen LogP contribution is 2.26. The van der Waals surface area contributed by atoms with Crippen LogP contribution in [0, 0.1) is 0 Å². The zero-order valence-electron chi connectivity index (χ0n) is 6.96. The van der Waals surface area contributed by atoms with Crippen molar-refractivity contribution in [2.24, 2.45) is 4.99 Å². The molecule has 0 spiro atoms. The maximum absolute atomic E-state index is 4.49. The quantitative estimate of drug-likeness (QED) is 0.585. The van der Waals surface area contributed by atoms with E-state index in [0.717, 1.165) is 18.5 Å². The molecule has 1 nitrogen and oxygen atoms in total. The van der Waals surface area contributed by atoms with Crippen molar-refractivity contribution in [3.05, 3.63) is 42.5 Å². The first-order valence-corrected chi connectivity index (χ1v) is 4.15. The van der Waals surface area contributed by atoms with Crippen molar-refractivity contribution in [2.45, 2.75) is 12.8 Å². The maximum atomic E-state index is 4.49. The van der Waals surface area contributed by atoms with Crippen LogP contribution in [0.25, 0.3) is 0 Å². The highest BCUT2D eigenvalue weighted by atomic mass is 14.8. The van der Waals surface area contributed by atoms with Crippen molar-refractivity contribution in [3.63, 3.8) is 0 Å². The Kier molecular flexibility index (Phi) is 1.78. The Morgan fingerprint density at radius 3 is 3.00 bits per heavy atom. The van der Waals surface area contributed by atoms with Crippen molar-refractivity contribution < 1.29 is 0 Å². The Balaban J connectivity index is 2.28. The molecule has 1 heteroatoms. The molecular weight excluding hydrogens is 146 g/mol. The summed E-state index contributed by atoms with van der Waals surface area (Å²) in [4.78, 5) is 4.49. The Labute approximate surface area is 72.5 Å². The highest BCUT2D eigenvalue weighted by Gasteiger charge is 2.11. The first-order valence-electron chi connectivity index (χ1n) is 4.15. The number of nitrogens with zero attached hydrogens (tertiary/aromatic N) is 1. The second-order valence-corrected chi connectivity index (χ2v) is 2.98. The third kappa shape index (κ3) is 1.18. The van der Waals surface area contributed by atoms with Crippen LogP contribution in [-0.4, -0.2) is 5.71 Å². The summed E-state index contributed by atoms with van der Waals surface area (Å²) in [6.07, 6.45) is 3.82. The summed E-state index contributed by atoms with van der Waals surface area (Å²) >= 11 is 0. The number of hydrogen-bond donors (Lipinski definition) is 0. The van der Waals surface area contributed by atoms with E-state index in [9.17, 15) is 0 Å². The highest BCUT2D eigenvalue weighted by molar-refractivity contribution is 5.94. The summed E-state index contributed by atoms with van der Waals surface area (Å²) in [5, 5.41) is 0. The van der Waals surface area contributed by atoms with Crippen LogP contribution in [-0.2, 0) is 6.42 Å². The maximum Gasteiger partial charge on any atom is 0.0665 e. The van der Waals surface area contributed by atoms with Gasteiger partial charge < -0.3 is 0 Å². The van der Waals surface area contributed by atoms with Crippen LogP contribution in [0.5, 0.6) is 0 Å². The average Bonchev–Trinajstić information content (AvgIpc) is 2.47. The molecule has 0 saturated carbocycles. The van der Waals surface area contributed by atoms with E-state index in [2.05, 4.69) is 29.8 Å². The van der Waals surface area contributed by atoms with Crippen LogP contribution >= 0.6 is 0 Å². The SMILES string of the molecule is C=CCC1=Nc2ccccc2C1. The van der Waals surface area contributed by atoms with E-state index in [4.69, 9.17) is 0 Å². The zero-order valence-corrected chi connectivity index (χ0v) is 6.96. The summed E-state index contributed by atoms with van der Waals surface area (Å²) in [5.74, 6) is 0. The lowest BCUT2D eigenvalue weighted by atomic mass is 10.1. The fourth-order valence-corrected chi connectivity index (χ4v) is 1.48. The smallest absolute Gasteiger partial charge is 0.0665 e. The van der Waals surface area contributed by atoms with Crippen LogP contribution in [0.1, 0.15) is 12.0 Å². The van der Waals surface area contributed by atoms with Crippen LogP contribution < -0.4 is 0 Å². The molecule has 12 heavy (non-hydrogen) atoms. The van der Waals surface area contributed by atoms with Gasteiger partial charge in [-0.25, -0.2) is 0 Å². The Morgan fingerprint density at radius 1 is 1.42 bits per heavy atom. The minimum absolute atomic E-state index is 0.911. The predicted octanol–water partition coefficient (Wildman–Crippen LogP) is 2.89. The van der Waals surface area contributed by atoms with Gasteiger partial charge in [0.25, 0.3) is 0 Å². The molecule has 0 N–H and O–H groups in total. The Bertz CT molecular complexity index is 337. The molecular formula is C11H11N. The number of fused-ring (bicyclic) bond motifs is 1. The normalized spacial score (nSPS) is 13.8. The van der Waals surface area contributed by atoms with E-state index >= 15 is 0 Å². The van der Waals surface area contributed by atoms with E-state index in [1.807, 2.05) is 12.1 Å². The van der Waals surface area contributed by atoms with Gasteiger partial charge in [-0.3, -0.25) is 4.99 Å². The summed E-state index contributed by atoms with van der Waals surface area (Å²) in [6.45, 7) is 3.71. The molecule has 0 bridgehead atoms. The summed E-state index contributed by atoms with van der Waals surface area (Å²) in [7, 11) is 0. The van der Waals surface area contributed by atoms with Crippen molar-refractivity contribution in [1.29, 1.82) is 0 Å². The lowest BCUT2D eigenvalue weighted by Gasteiger charge is -1.92. The van der Waals surface area contributed by atoms with Gasteiger partial charge in [0.2, 0.25) is 0 Å².